The molecule has 0 saturated carbocycles. The van der Waals surface area contributed by atoms with E-state index >= 15 is 0 Å². The molecule has 7 heteroatoms. The molecular weight excluding hydrogens is 408 g/mol. The fraction of sp³-hybridized carbons (Fsp3) is 0.333. The van der Waals surface area contributed by atoms with Crippen molar-refractivity contribution in [2.75, 3.05) is 6.26 Å². The van der Waals surface area contributed by atoms with Gasteiger partial charge in [0.15, 0.2) is 0 Å². The molecule has 0 atom stereocenters. The summed E-state index contributed by atoms with van der Waals surface area (Å²) in [5.74, 6) is 0. The first-order valence-electron chi connectivity index (χ1n) is 10.8. The van der Waals surface area contributed by atoms with Crippen LogP contribution in [0.2, 0.25) is 0 Å². The van der Waals surface area contributed by atoms with Crippen molar-refractivity contribution in [3.63, 3.8) is 0 Å². The molecule has 0 bridgehead atoms. The van der Waals surface area contributed by atoms with Crippen molar-refractivity contribution >= 4 is 21.5 Å². The predicted molar refractivity (Wildman–Crippen MR) is 128 cm³/mol. The molecule has 0 amide bonds. The summed E-state index contributed by atoms with van der Waals surface area (Å²) in [5, 5.41) is 10.7. The van der Waals surface area contributed by atoms with Gasteiger partial charge in [0.05, 0.1) is 34.0 Å². The highest BCUT2D eigenvalue weighted by Crippen LogP contribution is 2.44. The normalized spacial score (nSPS) is 12.7. The SMILES string of the molecule is CCc1c2ccc(-c3ccnn3-c3ccc(S(C)(O)O)cc3)cc2nn1C(CC)CC. The zero-order valence-corrected chi connectivity index (χ0v) is 19.3. The van der Waals surface area contributed by atoms with Crippen LogP contribution in [0.4, 0.5) is 0 Å². The van der Waals surface area contributed by atoms with Crippen LogP contribution in [0, 0.1) is 0 Å². The maximum atomic E-state index is 9.87. The van der Waals surface area contributed by atoms with Gasteiger partial charge >= 0.3 is 0 Å². The Morgan fingerprint density at radius 3 is 2.29 bits per heavy atom. The highest BCUT2D eigenvalue weighted by Gasteiger charge is 2.17. The van der Waals surface area contributed by atoms with Crippen LogP contribution in [0.25, 0.3) is 27.8 Å². The highest BCUT2D eigenvalue weighted by atomic mass is 32.3. The molecule has 6 nitrogen and oxygen atoms in total. The van der Waals surface area contributed by atoms with E-state index in [1.807, 2.05) is 22.9 Å². The number of benzene rings is 2. The third kappa shape index (κ3) is 4.01. The first kappa shape index (κ1) is 21.6. The van der Waals surface area contributed by atoms with E-state index in [1.165, 1.54) is 17.3 Å². The average Bonchev–Trinajstić information content (AvgIpc) is 3.38. The summed E-state index contributed by atoms with van der Waals surface area (Å²) in [6.07, 6.45) is 6.29. The standard InChI is InChI=1S/C24H30N4O2S/c1-5-18(6-2)28-23(7-3)21-13-8-17(16-22(21)26-28)24-14-15-25-27(24)19-9-11-20(12-10-19)31(4,29)30/h8-16,18,29-30H,5-7H2,1-4H3. The van der Waals surface area contributed by atoms with E-state index in [1.54, 1.807) is 18.3 Å². The molecule has 0 aliphatic rings. The summed E-state index contributed by atoms with van der Waals surface area (Å²) in [6.45, 7) is 6.62. The molecule has 4 aromatic rings. The second kappa shape index (κ2) is 8.49. The first-order valence-corrected chi connectivity index (χ1v) is 12.7. The predicted octanol–water partition coefficient (Wildman–Crippen LogP) is 6.55. The second-order valence-electron chi connectivity index (χ2n) is 7.90. The average molecular weight is 439 g/mol. The van der Waals surface area contributed by atoms with Crippen LogP contribution in [0.1, 0.15) is 45.3 Å². The summed E-state index contributed by atoms with van der Waals surface area (Å²) in [4.78, 5) is 0.519. The van der Waals surface area contributed by atoms with Crippen molar-refractivity contribution in [3.8, 4) is 16.9 Å². The minimum Gasteiger partial charge on any atom is -0.295 e. The van der Waals surface area contributed by atoms with Crippen LogP contribution in [-0.2, 0) is 6.42 Å². The summed E-state index contributed by atoms with van der Waals surface area (Å²) in [7, 11) is -2.73. The van der Waals surface area contributed by atoms with E-state index in [0.29, 0.717) is 10.9 Å². The van der Waals surface area contributed by atoms with Gasteiger partial charge < -0.3 is 0 Å². The van der Waals surface area contributed by atoms with Gasteiger partial charge in [-0.2, -0.15) is 20.8 Å². The van der Waals surface area contributed by atoms with Crippen molar-refractivity contribution in [1.82, 2.24) is 19.6 Å². The Labute approximate surface area is 184 Å². The Hall–Kier alpha value is -2.61. The molecule has 0 unspecified atom stereocenters. The molecule has 0 fully saturated rings. The van der Waals surface area contributed by atoms with Gasteiger partial charge in [-0.25, -0.2) is 4.68 Å². The van der Waals surface area contributed by atoms with Crippen LogP contribution in [0.5, 0.6) is 0 Å². The second-order valence-corrected chi connectivity index (χ2v) is 10.0. The van der Waals surface area contributed by atoms with Gasteiger partial charge in [0.2, 0.25) is 0 Å². The lowest BCUT2D eigenvalue weighted by Crippen LogP contribution is -2.11. The highest BCUT2D eigenvalue weighted by molar-refractivity contribution is 8.23. The maximum absolute atomic E-state index is 9.87. The molecule has 2 N–H and O–H groups in total. The Kier molecular flexibility index (Phi) is 5.92. The quantitative estimate of drug-likeness (QED) is 0.343. The molecule has 4 rings (SSSR count). The number of hydrogen-bond acceptors (Lipinski definition) is 4. The van der Waals surface area contributed by atoms with E-state index in [4.69, 9.17) is 5.10 Å². The van der Waals surface area contributed by atoms with Gasteiger partial charge in [0.1, 0.15) is 0 Å². The zero-order chi connectivity index (χ0) is 22.2. The molecule has 0 aliphatic carbocycles. The Morgan fingerprint density at radius 1 is 0.968 bits per heavy atom. The van der Waals surface area contributed by atoms with Crippen LogP contribution >= 0.6 is 10.6 Å². The monoisotopic (exact) mass is 438 g/mol. The number of aryl methyl sites for hydroxylation is 1. The van der Waals surface area contributed by atoms with Crippen LogP contribution in [0.3, 0.4) is 0 Å². The molecule has 2 aromatic heterocycles. The fourth-order valence-corrected chi connectivity index (χ4v) is 4.83. The molecule has 2 aromatic carbocycles. The molecule has 0 radical (unpaired) electrons. The number of rotatable bonds is 7. The molecule has 164 valence electrons. The molecule has 31 heavy (non-hydrogen) atoms. The molecular formula is C24H30N4O2S. The molecule has 0 saturated heterocycles. The fourth-order valence-electron chi connectivity index (χ4n) is 4.18. The largest absolute Gasteiger partial charge is 0.295 e. The van der Waals surface area contributed by atoms with Gasteiger partial charge in [-0.15, -0.1) is 0 Å². The van der Waals surface area contributed by atoms with Crippen molar-refractivity contribution in [2.45, 2.75) is 51.0 Å². The van der Waals surface area contributed by atoms with Gasteiger partial charge in [-0.3, -0.25) is 13.8 Å². The lowest BCUT2D eigenvalue weighted by Gasteiger charge is -2.26. The summed E-state index contributed by atoms with van der Waals surface area (Å²) in [5.41, 5.74) is 5.17. The van der Waals surface area contributed by atoms with Crippen LogP contribution in [0.15, 0.2) is 59.6 Å². The summed E-state index contributed by atoms with van der Waals surface area (Å²) >= 11 is 0. The van der Waals surface area contributed by atoms with Gasteiger partial charge in [-0.1, -0.05) is 32.9 Å². The van der Waals surface area contributed by atoms with Gasteiger partial charge in [0, 0.05) is 22.9 Å². The van der Waals surface area contributed by atoms with Crippen molar-refractivity contribution in [2.24, 2.45) is 0 Å². The Morgan fingerprint density at radius 2 is 1.68 bits per heavy atom. The summed E-state index contributed by atoms with van der Waals surface area (Å²) < 4.78 is 23.8. The minimum atomic E-state index is -2.73. The Bertz CT molecular complexity index is 1180. The van der Waals surface area contributed by atoms with E-state index in [9.17, 15) is 9.11 Å². The first-order chi connectivity index (χ1) is 14.9. The minimum absolute atomic E-state index is 0.417. The van der Waals surface area contributed by atoms with Crippen LogP contribution < -0.4 is 0 Å². The van der Waals surface area contributed by atoms with E-state index in [2.05, 4.69) is 48.8 Å². The molecule has 2 heterocycles. The van der Waals surface area contributed by atoms with E-state index < -0.39 is 10.6 Å². The van der Waals surface area contributed by atoms with Crippen LogP contribution in [-0.4, -0.2) is 34.9 Å². The van der Waals surface area contributed by atoms with E-state index in [0.717, 1.165) is 41.7 Å². The van der Waals surface area contributed by atoms with Crippen molar-refractivity contribution in [3.05, 3.63) is 60.4 Å². The van der Waals surface area contributed by atoms with Crippen molar-refractivity contribution < 1.29 is 9.11 Å². The number of fused-ring (bicyclic) bond motifs is 1. The topological polar surface area (TPSA) is 76.1 Å². The third-order valence-electron chi connectivity index (χ3n) is 5.89. The zero-order valence-electron chi connectivity index (χ0n) is 18.5. The smallest absolute Gasteiger partial charge is 0.0933 e. The van der Waals surface area contributed by atoms with Crippen molar-refractivity contribution in [1.29, 1.82) is 0 Å². The lowest BCUT2D eigenvalue weighted by atomic mass is 10.1. The Balaban J connectivity index is 1.76. The number of hydrogen-bond donors (Lipinski definition) is 2. The third-order valence-corrected chi connectivity index (χ3v) is 7.06. The number of nitrogens with zero attached hydrogens (tertiary/aromatic N) is 4. The summed E-state index contributed by atoms with van der Waals surface area (Å²) in [6, 6.07) is 16.0. The lowest BCUT2D eigenvalue weighted by molar-refractivity contribution is 0.419. The number of aromatic nitrogens is 4. The molecule has 0 spiro atoms. The van der Waals surface area contributed by atoms with E-state index in [-0.39, 0.29) is 0 Å². The van der Waals surface area contributed by atoms with Gasteiger partial charge in [0.25, 0.3) is 0 Å². The van der Waals surface area contributed by atoms with Gasteiger partial charge in [-0.05, 0) is 55.7 Å². The molecule has 0 aliphatic heterocycles. The maximum Gasteiger partial charge on any atom is 0.0933 e.